The summed E-state index contributed by atoms with van der Waals surface area (Å²) in [5.41, 5.74) is 0.272. The van der Waals surface area contributed by atoms with Gasteiger partial charge in [0.2, 0.25) is 0 Å². The Morgan fingerprint density at radius 3 is 2.88 bits per heavy atom. The van der Waals surface area contributed by atoms with Crippen LogP contribution >= 0.6 is 11.6 Å². The van der Waals surface area contributed by atoms with E-state index < -0.39 is 6.43 Å². The van der Waals surface area contributed by atoms with Gasteiger partial charge >= 0.3 is 0 Å². The topological polar surface area (TPSA) is 30.7 Å². The van der Waals surface area contributed by atoms with Gasteiger partial charge in [0.05, 0.1) is 5.69 Å². The maximum atomic E-state index is 12.7. The third-order valence-corrected chi connectivity index (χ3v) is 2.14. The van der Waals surface area contributed by atoms with Crippen LogP contribution in [0.15, 0.2) is 18.2 Å². The van der Waals surface area contributed by atoms with Crippen LogP contribution in [0.4, 0.5) is 8.78 Å². The average Bonchev–Trinajstić information content (AvgIpc) is 2.60. The molecule has 0 aliphatic carbocycles. The largest absolute Gasteiger partial charge is 0.280 e. The van der Waals surface area contributed by atoms with Crippen LogP contribution in [0.25, 0.3) is 5.82 Å². The highest BCUT2D eigenvalue weighted by Crippen LogP contribution is 2.22. The zero-order valence-electron chi connectivity index (χ0n) is 8.28. The van der Waals surface area contributed by atoms with Crippen LogP contribution < -0.4 is 0 Å². The molecule has 0 saturated heterocycles. The summed E-state index contributed by atoms with van der Waals surface area (Å²) in [4.78, 5) is 3.88. The van der Waals surface area contributed by atoms with E-state index in [9.17, 15) is 8.78 Å². The molecule has 16 heavy (non-hydrogen) atoms. The van der Waals surface area contributed by atoms with E-state index in [1.807, 2.05) is 0 Å². The van der Waals surface area contributed by atoms with E-state index in [4.69, 9.17) is 11.6 Å². The third kappa shape index (κ3) is 2.04. The molecule has 2 aromatic rings. The van der Waals surface area contributed by atoms with E-state index in [1.165, 1.54) is 18.2 Å². The van der Waals surface area contributed by atoms with Gasteiger partial charge in [-0.2, -0.15) is 5.10 Å². The summed E-state index contributed by atoms with van der Waals surface area (Å²) in [5.74, 6) is 0.163. The van der Waals surface area contributed by atoms with E-state index in [1.54, 1.807) is 6.92 Å². The molecule has 0 aromatic carbocycles. The van der Waals surface area contributed by atoms with Gasteiger partial charge in [0.1, 0.15) is 10.8 Å². The number of pyridine rings is 1. The van der Waals surface area contributed by atoms with Gasteiger partial charge in [0, 0.05) is 6.07 Å². The highest BCUT2D eigenvalue weighted by molar-refractivity contribution is 6.29. The number of nitrogens with zero attached hydrogens (tertiary/aromatic N) is 3. The number of aromatic nitrogens is 3. The first-order valence-corrected chi connectivity index (χ1v) is 4.85. The predicted octanol–water partition coefficient (Wildman–Crippen LogP) is 2.97. The monoisotopic (exact) mass is 242 g/mol. The molecule has 0 fully saturated rings. The summed E-state index contributed by atoms with van der Waals surface area (Å²) in [5, 5.41) is 4.14. The average molecular weight is 243 g/mol. The number of hydrogen-bond donors (Lipinski definition) is 0. The van der Waals surface area contributed by atoms with Crippen molar-refractivity contribution in [1.29, 1.82) is 0 Å². The van der Waals surface area contributed by atoms with E-state index in [-0.39, 0.29) is 16.7 Å². The standard InChI is InChI=1S/C10H7ClF2N3/c1-6-5-7(10(12)13)16(15-6)9-4-2-3-8(11)14-9/h2-3,5,10H,1H3. The molecule has 0 spiro atoms. The van der Waals surface area contributed by atoms with Crippen LogP contribution in [0.1, 0.15) is 17.8 Å². The molecule has 0 unspecified atom stereocenters. The molecule has 0 N–H and O–H groups in total. The number of hydrogen-bond acceptors (Lipinski definition) is 2. The van der Waals surface area contributed by atoms with Crippen LogP contribution in [0, 0.1) is 13.0 Å². The molecule has 2 rings (SSSR count). The van der Waals surface area contributed by atoms with Crippen molar-refractivity contribution in [2.24, 2.45) is 0 Å². The fourth-order valence-electron chi connectivity index (χ4n) is 1.31. The van der Waals surface area contributed by atoms with Gasteiger partial charge in [-0.25, -0.2) is 18.4 Å². The lowest BCUT2D eigenvalue weighted by molar-refractivity contribution is 0.142. The number of aryl methyl sites for hydroxylation is 1. The van der Waals surface area contributed by atoms with Gasteiger partial charge in [-0.3, -0.25) is 0 Å². The molecule has 0 bridgehead atoms. The second-order valence-electron chi connectivity index (χ2n) is 3.16. The van der Waals surface area contributed by atoms with Crippen molar-refractivity contribution in [3.05, 3.63) is 40.8 Å². The Kier molecular flexibility index (Phi) is 2.87. The van der Waals surface area contributed by atoms with E-state index in [0.717, 1.165) is 4.68 Å². The van der Waals surface area contributed by atoms with Crippen molar-refractivity contribution in [1.82, 2.24) is 14.8 Å². The maximum absolute atomic E-state index is 12.7. The second-order valence-corrected chi connectivity index (χ2v) is 3.55. The molecule has 2 aromatic heterocycles. The van der Waals surface area contributed by atoms with Crippen molar-refractivity contribution in [2.45, 2.75) is 13.3 Å². The van der Waals surface area contributed by atoms with Crippen LogP contribution in [-0.2, 0) is 0 Å². The molecule has 0 atom stereocenters. The lowest BCUT2D eigenvalue weighted by Gasteiger charge is -2.04. The zero-order chi connectivity index (χ0) is 11.7. The first-order chi connectivity index (χ1) is 7.58. The summed E-state index contributed by atoms with van der Waals surface area (Å²) in [6.07, 6.45) is -2.62. The summed E-state index contributed by atoms with van der Waals surface area (Å²) >= 11 is 5.67. The molecule has 2 heterocycles. The van der Waals surface area contributed by atoms with Crippen molar-refractivity contribution >= 4 is 11.6 Å². The van der Waals surface area contributed by atoms with Crippen molar-refractivity contribution < 1.29 is 8.78 Å². The quantitative estimate of drug-likeness (QED) is 0.758. The predicted molar refractivity (Wildman–Crippen MR) is 54.9 cm³/mol. The molecule has 0 saturated carbocycles. The molecule has 1 radical (unpaired) electrons. The Bertz CT molecular complexity index is 511. The number of alkyl halides is 2. The van der Waals surface area contributed by atoms with Crippen molar-refractivity contribution in [2.75, 3.05) is 0 Å². The Morgan fingerprint density at radius 1 is 1.50 bits per heavy atom. The normalized spacial score (nSPS) is 11.1. The second kappa shape index (κ2) is 4.17. The Hall–Kier alpha value is -1.49. The van der Waals surface area contributed by atoms with Crippen LogP contribution in [0.3, 0.4) is 0 Å². The van der Waals surface area contributed by atoms with Gasteiger partial charge in [0.25, 0.3) is 6.43 Å². The summed E-state index contributed by atoms with van der Waals surface area (Å²) < 4.78 is 26.4. The molecular weight excluding hydrogens is 236 g/mol. The number of rotatable bonds is 2. The number of halogens is 3. The molecule has 83 valence electrons. The van der Waals surface area contributed by atoms with Gasteiger partial charge in [0.15, 0.2) is 5.82 Å². The lowest BCUT2D eigenvalue weighted by atomic mass is 10.4. The van der Waals surface area contributed by atoms with Crippen molar-refractivity contribution in [3.8, 4) is 5.82 Å². The van der Waals surface area contributed by atoms with Gasteiger partial charge in [-0.1, -0.05) is 11.6 Å². The molecule has 0 amide bonds. The minimum Gasteiger partial charge on any atom is -0.216 e. The fourth-order valence-corrected chi connectivity index (χ4v) is 1.45. The highest BCUT2D eigenvalue weighted by Gasteiger charge is 2.17. The van der Waals surface area contributed by atoms with Gasteiger partial charge in [-0.15, -0.1) is 0 Å². The fraction of sp³-hybridized carbons (Fsp3) is 0.200. The molecule has 3 nitrogen and oxygen atoms in total. The zero-order valence-corrected chi connectivity index (χ0v) is 9.04. The third-order valence-electron chi connectivity index (χ3n) is 1.93. The maximum Gasteiger partial charge on any atom is 0.280 e. The van der Waals surface area contributed by atoms with Crippen LogP contribution in [0.5, 0.6) is 0 Å². The minimum absolute atomic E-state index is 0.163. The van der Waals surface area contributed by atoms with E-state index >= 15 is 0 Å². The van der Waals surface area contributed by atoms with E-state index in [0.29, 0.717) is 5.69 Å². The lowest BCUT2D eigenvalue weighted by Crippen LogP contribution is -2.05. The van der Waals surface area contributed by atoms with Crippen LogP contribution in [0.2, 0.25) is 5.15 Å². The summed E-state index contributed by atoms with van der Waals surface area (Å²) in [7, 11) is 0. The first-order valence-electron chi connectivity index (χ1n) is 4.47. The molecule has 0 aliphatic rings. The molecule has 6 heteroatoms. The first kappa shape index (κ1) is 11.0. The Labute approximate surface area is 95.7 Å². The minimum atomic E-state index is -2.62. The highest BCUT2D eigenvalue weighted by atomic mass is 35.5. The van der Waals surface area contributed by atoms with Crippen LogP contribution in [-0.4, -0.2) is 14.8 Å². The summed E-state index contributed by atoms with van der Waals surface area (Å²) in [6.45, 7) is 1.63. The van der Waals surface area contributed by atoms with E-state index in [2.05, 4.69) is 16.1 Å². The van der Waals surface area contributed by atoms with Gasteiger partial charge in [-0.05, 0) is 25.1 Å². The SMILES string of the molecule is Cc1cc(C(F)F)n(-c2[c]ccc(Cl)n2)n1. The molecule has 0 aliphatic heterocycles. The van der Waals surface area contributed by atoms with Crippen molar-refractivity contribution in [3.63, 3.8) is 0 Å². The molecular formula is C10H7ClF2N3. The summed E-state index contributed by atoms with van der Waals surface area (Å²) in [6, 6.07) is 7.04. The Morgan fingerprint density at radius 2 is 2.25 bits per heavy atom. The van der Waals surface area contributed by atoms with Gasteiger partial charge < -0.3 is 0 Å². The smallest absolute Gasteiger partial charge is 0.216 e. The Balaban J connectivity index is 2.55.